The summed E-state index contributed by atoms with van der Waals surface area (Å²) in [4.78, 5) is 24.3. The molecule has 2 N–H and O–H groups in total. The maximum absolute atomic E-state index is 11.4. The average molecular weight is 227 g/mol. The van der Waals surface area contributed by atoms with Gasteiger partial charge in [0.05, 0.1) is 6.54 Å². The molecule has 0 aromatic carbocycles. The van der Waals surface area contributed by atoms with Gasteiger partial charge in [0.15, 0.2) is 0 Å². The lowest BCUT2D eigenvalue weighted by molar-refractivity contribution is -0.120. The maximum atomic E-state index is 11.4. The first kappa shape index (κ1) is 13.0. The van der Waals surface area contributed by atoms with E-state index < -0.39 is 6.03 Å². The number of carbonyl (C=O) groups excluding carboxylic acids is 2. The zero-order valence-electron chi connectivity index (χ0n) is 10.1. The minimum atomic E-state index is -0.445. The molecule has 0 atom stereocenters. The van der Waals surface area contributed by atoms with Crippen molar-refractivity contribution in [3.63, 3.8) is 0 Å². The van der Waals surface area contributed by atoms with E-state index in [1.165, 1.54) is 32.7 Å². The van der Waals surface area contributed by atoms with E-state index in [1.807, 2.05) is 11.9 Å². The Morgan fingerprint density at radius 3 is 2.50 bits per heavy atom. The van der Waals surface area contributed by atoms with Crippen LogP contribution < -0.4 is 10.6 Å². The summed E-state index contributed by atoms with van der Waals surface area (Å²) in [5.74, 6) is 0.470. The highest BCUT2D eigenvalue weighted by atomic mass is 16.2. The molecular weight excluding hydrogens is 206 g/mol. The number of rotatable bonds is 4. The van der Waals surface area contributed by atoms with Gasteiger partial charge in [-0.2, -0.15) is 0 Å². The van der Waals surface area contributed by atoms with Crippen LogP contribution in [0, 0.1) is 5.92 Å². The van der Waals surface area contributed by atoms with Crippen LogP contribution in [0.2, 0.25) is 0 Å². The predicted octanol–water partition coefficient (Wildman–Crippen LogP) is 0.564. The number of likely N-dealkylation sites (N-methyl/N-ethyl adjacent to an activating group) is 1. The molecule has 0 unspecified atom stereocenters. The number of nitrogens with one attached hydrogen (secondary N) is 2. The van der Waals surface area contributed by atoms with Crippen molar-refractivity contribution in [1.29, 1.82) is 0 Å². The molecule has 5 nitrogen and oxygen atoms in total. The van der Waals surface area contributed by atoms with E-state index in [4.69, 9.17) is 0 Å². The fraction of sp³-hybridized carbons (Fsp3) is 0.818. The van der Waals surface area contributed by atoms with Crippen LogP contribution in [0.15, 0.2) is 0 Å². The Kier molecular flexibility index (Phi) is 5.25. The second-order valence-corrected chi connectivity index (χ2v) is 4.47. The van der Waals surface area contributed by atoms with Crippen molar-refractivity contribution < 1.29 is 9.59 Å². The molecule has 16 heavy (non-hydrogen) atoms. The van der Waals surface area contributed by atoms with E-state index in [1.54, 1.807) is 0 Å². The van der Waals surface area contributed by atoms with Crippen LogP contribution in [-0.4, -0.2) is 44.0 Å². The van der Waals surface area contributed by atoms with Crippen molar-refractivity contribution in [3.8, 4) is 0 Å². The second kappa shape index (κ2) is 6.48. The normalized spacial score (nSPS) is 16.4. The molecule has 0 aliphatic heterocycles. The van der Waals surface area contributed by atoms with Gasteiger partial charge in [-0.05, 0) is 25.8 Å². The molecule has 0 aromatic rings. The Hall–Kier alpha value is -1.10. The van der Waals surface area contributed by atoms with E-state index >= 15 is 0 Å². The van der Waals surface area contributed by atoms with Crippen LogP contribution in [0.1, 0.15) is 25.7 Å². The molecule has 0 radical (unpaired) electrons. The highest BCUT2D eigenvalue weighted by Crippen LogP contribution is 2.24. The zero-order valence-corrected chi connectivity index (χ0v) is 10.1. The van der Waals surface area contributed by atoms with Crippen LogP contribution in [0.5, 0.6) is 0 Å². The van der Waals surface area contributed by atoms with Crippen LogP contribution in [-0.2, 0) is 4.79 Å². The molecule has 0 aromatic heterocycles. The van der Waals surface area contributed by atoms with E-state index in [2.05, 4.69) is 10.6 Å². The Morgan fingerprint density at radius 1 is 1.31 bits per heavy atom. The van der Waals surface area contributed by atoms with E-state index in [0.29, 0.717) is 0 Å². The van der Waals surface area contributed by atoms with E-state index in [0.717, 1.165) is 12.5 Å². The summed E-state index contributed by atoms with van der Waals surface area (Å²) in [6.07, 6.45) is 5.15. The Labute approximate surface area is 96.6 Å². The van der Waals surface area contributed by atoms with Crippen molar-refractivity contribution in [2.24, 2.45) is 5.92 Å². The van der Waals surface area contributed by atoms with Crippen molar-refractivity contribution in [2.75, 3.05) is 27.2 Å². The van der Waals surface area contributed by atoms with Crippen molar-refractivity contribution in [2.45, 2.75) is 25.7 Å². The fourth-order valence-electron chi connectivity index (χ4n) is 2.17. The minimum Gasteiger partial charge on any atom is -0.341 e. The van der Waals surface area contributed by atoms with Gasteiger partial charge in [0.2, 0.25) is 5.91 Å². The highest BCUT2D eigenvalue weighted by Gasteiger charge is 2.18. The van der Waals surface area contributed by atoms with Crippen molar-refractivity contribution in [3.05, 3.63) is 0 Å². The third kappa shape index (κ3) is 4.61. The van der Waals surface area contributed by atoms with E-state index in [9.17, 15) is 9.59 Å². The first-order valence-electron chi connectivity index (χ1n) is 5.82. The van der Waals surface area contributed by atoms with Gasteiger partial charge in [-0.15, -0.1) is 0 Å². The first-order valence-corrected chi connectivity index (χ1v) is 5.82. The molecule has 3 amide bonds. The summed E-state index contributed by atoms with van der Waals surface area (Å²) in [5, 5.41) is 4.61. The van der Waals surface area contributed by atoms with Gasteiger partial charge < -0.3 is 5.32 Å². The van der Waals surface area contributed by atoms with Gasteiger partial charge in [0, 0.05) is 13.6 Å². The minimum absolute atomic E-state index is 0.250. The second-order valence-electron chi connectivity index (χ2n) is 4.47. The molecule has 1 aliphatic rings. The third-order valence-corrected chi connectivity index (χ3v) is 2.94. The van der Waals surface area contributed by atoms with Crippen LogP contribution in [0.25, 0.3) is 0 Å². The average Bonchev–Trinajstić information content (AvgIpc) is 2.69. The Balaban J connectivity index is 2.19. The van der Waals surface area contributed by atoms with Crippen LogP contribution in [0.3, 0.4) is 0 Å². The van der Waals surface area contributed by atoms with Gasteiger partial charge in [-0.3, -0.25) is 15.0 Å². The number of urea groups is 1. The number of imide groups is 1. The Morgan fingerprint density at radius 2 is 1.94 bits per heavy atom. The number of carbonyl (C=O) groups is 2. The number of nitrogens with zero attached hydrogens (tertiary/aromatic N) is 1. The van der Waals surface area contributed by atoms with Crippen molar-refractivity contribution in [1.82, 2.24) is 15.5 Å². The van der Waals surface area contributed by atoms with Gasteiger partial charge in [-0.1, -0.05) is 12.8 Å². The molecule has 0 spiro atoms. The molecule has 0 heterocycles. The van der Waals surface area contributed by atoms with Crippen LogP contribution >= 0.6 is 0 Å². The van der Waals surface area contributed by atoms with Crippen LogP contribution in [0.4, 0.5) is 4.79 Å². The smallest absolute Gasteiger partial charge is 0.321 e. The summed E-state index contributed by atoms with van der Waals surface area (Å²) < 4.78 is 0. The fourth-order valence-corrected chi connectivity index (χ4v) is 2.17. The third-order valence-electron chi connectivity index (χ3n) is 2.94. The van der Waals surface area contributed by atoms with Gasteiger partial charge >= 0.3 is 6.03 Å². The topological polar surface area (TPSA) is 61.4 Å². The molecule has 92 valence electrons. The summed E-state index contributed by atoms with van der Waals surface area (Å²) in [7, 11) is 3.41. The predicted molar refractivity (Wildman–Crippen MR) is 62.1 cm³/mol. The summed E-state index contributed by atoms with van der Waals surface area (Å²) in [5.41, 5.74) is 0. The molecule has 0 saturated heterocycles. The Bertz CT molecular complexity index is 250. The van der Waals surface area contributed by atoms with Gasteiger partial charge in [0.25, 0.3) is 0 Å². The first-order chi connectivity index (χ1) is 7.61. The quantitative estimate of drug-likeness (QED) is 0.738. The number of hydrogen-bond acceptors (Lipinski definition) is 3. The molecule has 1 rings (SSSR count). The van der Waals surface area contributed by atoms with Gasteiger partial charge in [0.1, 0.15) is 0 Å². The molecule has 1 aliphatic carbocycles. The molecule has 5 heteroatoms. The zero-order chi connectivity index (χ0) is 12.0. The lowest BCUT2D eigenvalue weighted by Gasteiger charge is -2.19. The lowest BCUT2D eigenvalue weighted by atomic mass is 10.1. The molecule has 1 fully saturated rings. The summed E-state index contributed by atoms with van der Waals surface area (Å²) in [6, 6.07) is -0.445. The van der Waals surface area contributed by atoms with E-state index in [-0.39, 0.29) is 12.5 Å². The van der Waals surface area contributed by atoms with Crippen molar-refractivity contribution >= 4 is 11.9 Å². The standard InChI is InChI=1S/C11H21N3O2/c1-12-11(16)13-10(15)8-14(2)7-9-5-3-4-6-9/h9H,3-8H2,1-2H3,(H2,12,13,15,16). The maximum Gasteiger partial charge on any atom is 0.321 e. The van der Waals surface area contributed by atoms with Gasteiger partial charge in [-0.25, -0.2) is 4.79 Å². The number of hydrogen-bond donors (Lipinski definition) is 2. The number of amides is 3. The monoisotopic (exact) mass is 227 g/mol. The molecular formula is C11H21N3O2. The molecule has 1 saturated carbocycles. The summed E-state index contributed by atoms with van der Waals surface area (Å²) >= 11 is 0. The lowest BCUT2D eigenvalue weighted by Crippen LogP contribution is -2.43. The highest BCUT2D eigenvalue weighted by molar-refractivity contribution is 5.95. The largest absolute Gasteiger partial charge is 0.341 e. The summed E-state index contributed by atoms with van der Waals surface area (Å²) in [6.45, 7) is 1.23. The SMILES string of the molecule is CNC(=O)NC(=O)CN(C)CC1CCCC1. The molecule has 0 bridgehead atoms.